The standard InChI is InChI=1S/C20H26N2O/c23-19(20(9-10-20)16-6-2-1-3-7-16)22-13-15-12-21-11-5-4-8-18(21)17(15)14-22/h1-3,6-7,15,17-18H,4-5,8-14H2/t15-,17+,18+/m0/s1. The zero-order valence-corrected chi connectivity index (χ0v) is 13.8. The lowest BCUT2D eigenvalue weighted by molar-refractivity contribution is -0.133. The SMILES string of the molecule is O=C(N1C[C@@H]2CN3CCCC[C@@H]3[C@@H]2C1)C1(c2ccccc2)CC1. The van der Waals surface area contributed by atoms with Crippen LogP contribution in [0.5, 0.6) is 0 Å². The van der Waals surface area contributed by atoms with E-state index in [0.29, 0.717) is 5.91 Å². The van der Waals surface area contributed by atoms with Crippen molar-refractivity contribution in [1.82, 2.24) is 9.80 Å². The predicted octanol–water partition coefficient (Wildman–Crippen LogP) is 2.66. The molecule has 3 nitrogen and oxygen atoms in total. The first-order valence-corrected chi connectivity index (χ1v) is 9.37. The van der Waals surface area contributed by atoms with E-state index in [2.05, 4.69) is 34.1 Å². The highest BCUT2D eigenvalue weighted by Crippen LogP contribution is 2.51. The van der Waals surface area contributed by atoms with Crippen LogP contribution in [0.4, 0.5) is 0 Å². The Balaban J connectivity index is 1.34. The number of likely N-dealkylation sites (tertiary alicyclic amines) is 1. The molecule has 3 heterocycles. The van der Waals surface area contributed by atoms with E-state index in [1.165, 1.54) is 37.9 Å². The maximum absolute atomic E-state index is 13.2. The third-order valence-electron chi connectivity index (χ3n) is 6.89. The van der Waals surface area contributed by atoms with Crippen LogP contribution < -0.4 is 0 Å². The number of carbonyl (C=O) groups excluding carboxylic acids is 1. The molecule has 0 spiro atoms. The summed E-state index contributed by atoms with van der Waals surface area (Å²) in [5, 5.41) is 0. The minimum Gasteiger partial charge on any atom is -0.341 e. The Hall–Kier alpha value is -1.35. The molecule has 3 saturated heterocycles. The van der Waals surface area contributed by atoms with E-state index in [9.17, 15) is 4.79 Å². The maximum Gasteiger partial charge on any atom is 0.233 e. The molecule has 23 heavy (non-hydrogen) atoms. The van der Waals surface area contributed by atoms with E-state index >= 15 is 0 Å². The Morgan fingerprint density at radius 3 is 2.65 bits per heavy atom. The number of piperidine rings is 1. The molecule has 122 valence electrons. The van der Waals surface area contributed by atoms with Crippen molar-refractivity contribution < 1.29 is 4.79 Å². The van der Waals surface area contributed by atoms with Gasteiger partial charge in [-0.05, 0) is 49.6 Å². The molecule has 3 heteroatoms. The van der Waals surface area contributed by atoms with Gasteiger partial charge in [0.25, 0.3) is 0 Å². The summed E-state index contributed by atoms with van der Waals surface area (Å²) in [6.45, 7) is 4.54. The molecule has 0 N–H and O–H groups in total. The Bertz CT molecular complexity index is 609. The molecule has 5 rings (SSSR count). The number of hydrogen-bond acceptors (Lipinski definition) is 2. The molecule has 4 fully saturated rings. The van der Waals surface area contributed by atoms with Crippen molar-refractivity contribution in [3.63, 3.8) is 0 Å². The molecule has 0 bridgehead atoms. The van der Waals surface area contributed by atoms with Gasteiger partial charge in [-0.1, -0.05) is 36.8 Å². The quantitative estimate of drug-likeness (QED) is 0.838. The molecule has 0 aromatic heterocycles. The van der Waals surface area contributed by atoms with Crippen molar-refractivity contribution in [2.45, 2.75) is 43.6 Å². The smallest absolute Gasteiger partial charge is 0.233 e. The van der Waals surface area contributed by atoms with E-state index in [1.807, 2.05) is 6.07 Å². The van der Waals surface area contributed by atoms with Crippen LogP contribution >= 0.6 is 0 Å². The number of hydrogen-bond donors (Lipinski definition) is 0. The Morgan fingerprint density at radius 2 is 1.87 bits per heavy atom. The van der Waals surface area contributed by atoms with Crippen LogP contribution in [0.25, 0.3) is 0 Å². The van der Waals surface area contributed by atoms with Crippen LogP contribution in [0.2, 0.25) is 0 Å². The van der Waals surface area contributed by atoms with Crippen molar-refractivity contribution in [2.75, 3.05) is 26.2 Å². The number of rotatable bonds is 2. The third kappa shape index (κ3) is 2.09. The fourth-order valence-electron chi connectivity index (χ4n) is 5.53. The Kier molecular flexibility index (Phi) is 3.09. The first-order chi connectivity index (χ1) is 11.3. The average molecular weight is 310 g/mol. The second kappa shape index (κ2) is 5.07. The molecule has 0 radical (unpaired) electrons. The summed E-state index contributed by atoms with van der Waals surface area (Å²) in [4.78, 5) is 18.2. The van der Waals surface area contributed by atoms with Crippen LogP contribution in [-0.4, -0.2) is 47.9 Å². The van der Waals surface area contributed by atoms with Crippen molar-refractivity contribution >= 4 is 5.91 Å². The van der Waals surface area contributed by atoms with Gasteiger partial charge in [-0.3, -0.25) is 9.69 Å². The molecule has 1 saturated carbocycles. The maximum atomic E-state index is 13.2. The van der Waals surface area contributed by atoms with Crippen LogP contribution in [0.15, 0.2) is 30.3 Å². The normalized spacial score (nSPS) is 35.0. The van der Waals surface area contributed by atoms with Crippen LogP contribution in [-0.2, 0) is 10.2 Å². The van der Waals surface area contributed by atoms with Gasteiger partial charge < -0.3 is 4.90 Å². The van der Waals surface area contributed by atoms with Gasteiger partial charge in [0.15, 0.2) is 0 Å². The second-order valence-electron chi connectivity index (χ2n) is 8.14. The molecule has 1 aliphatic carbocycles. The van der Waals surface area contributed by atoms with Gasteiger partial charge >= 0.3 is 0 Å². The molecular formula is C20H26N2O. The highest BCUT2D eigenvalue weighted by Gasteiger charge is 2.56. The molecular weight excluding hydrogens is 284 g/mol. The van der Waals surface area contributed by atoms with Crippen LogP contribution in [0.1, 0.15) is 37.7 Å². The molecule has 1 amide bonds. The number of carbonyl (C=O) groups is 1. The van der Waals surface area contributed by atoms with Gasteiger partial charge in [-0.2, -0.15) is 0 Å². The molecule has 0 unspecified atom stereocenters. The topological polar surface area (TPSA) is 23.6 Å². The van der Waals surface area contributed by atoms with E-state index < -0.39 is 0 Å². The minimum absolute atomic E-state index is 0.174. The summed E-state index contributed by atoms with van der Waals surface area (Å²) >= 11 is 0. The highest BCUT2D eigenvalue weighted by molar-refractivity contribution is 5.91. The summed E-state index contributed by atoms with van der Waals surface area (Å²) in [6.07, 6.45) is 6.18. The van der Waals surface area contributed by atoms with Crippen molar-refractivity contribution in [2.24, 2.45) is 11.8 Å². The van der Waals surface area contributed by atoms with Gasteiger partial charge in [0.2, 0.25) is 5.91 Å². The fourth-order valence-corrected chi connectivity index (χ4v) is 5.53. The summed E-state index contributed by atoms with van der Waals surface area (Å²) in [5.74, 6) is 1.89. The molecule has 1 aromatic rings. The van der Waals surface area contributed by atoms with Gasteiger partial charge in [0.05, 0.1) is 5.41 Å². The summed E-state index contributed by atoms with van der Waals surface area (Å²) in [5.41, 5.74) is 1.06. The second-order valence-corrected chi connectivity index (χ2v) is 8.14. The van der Waals surface area contributed by atoms with Crippen LogP contribution in [0.3, 0.4) is 0 Å². The number of fused-ring (bicyclic) bond motifs is 3. The lowest BCUT2D eigenvalue weighted by Gasteiger charge is -2.33. The first kappa shape index (κ1) is 14.0. The number of amides is 1. The monoisotopic (exact) mass is 310 g/mol. The Labute approximate surface area is 138 Å². The van der Waals surface area contributed by atoms with Gasteiger partial charge in [0.1, 0.15) is 0 Å². The van der Waals surface area contributed by atoms with Crippen molar-refractivity contribution in [3.05, 3.63) is 35.9 Å². The molecule has 1 aromatic carbocycles. The van der Waals surface area contributed by atoms with Gasteiger partial charge in [-0.25, -0.2) is 0 Å². The summed E-state index contributed by atoms with van der Waals surface area (Å²) in [6, 6.07) is 11.2. The average Bonchev–Trinajstić information content (AvgIpc) is 3.19. The fraction of sp³-hybridized carbons (Fsp3) is 0.650. The predicted molar refractivity (Wildman–Crippen MR) is 90.1 cm³/mol. The molecule has 3 aliphatic heterocycles. The molecule has 3 atom stereocenters. The van der Waals surface area contributed by atoms with Crippen molar-refractivity contribution in [1.29, 1.82) is 0 Å². The largest absolute Gasteiger partial charge is 0.341 e. The first-order valence-electron chi connectivity index (χ1n) is 9.37. The zero-order chi connectivity index (χ0) is 15.4. The van der Waals surface area contributed by atoms with E-state index in [-0.39, 0.29) is 5.41 Å². The lowest BCUT2D eigenvalue weighted by atomic mass is 9.90. The molecule has 4 aliphatic rings. The van der Waals surface area contributed by atoms with E-state index in [4.69, 9.17) is 0 Å². The number of benzene rings is 1. The van der Waals surface area contributed by atoms with Gasteiger partial charge in [0, 0.05) is 25.7 Å². The lowest BCUT2D eigenvalue weighted by Crippen LogP contribution is -2.43. The van der Waals surface area contributed by atoms with E-state index in [1.54, 1.807) is 0 Å². The van der Waals surface area contributed by atoms with Crippen molar-refractivity contribution in [3.8, 4) is 0 Å². The zero-order valence-electron chi connectivity index (χ0n) is 13.8. The summed E-state index contributed by atoms with van der Waals surface area (Å²) in [7, 11) is 0. The van der Waals surface area contributed by atoms with Crippen LogP contribution in [0, 0.1) is 11.8 Å². The Morgan fingerprint density at radius 1 is 1.04 bits per heavy atom. The highest BCUT2D eigenvalue weighted by atomic mass is 16.2. The third-order valence-corrected chi connectivity index (χ3v) is 6.89. The minimum atomic E-state index is -0.174. The number of nitrogens with zero attached hydrogens (tertiary/aromatic N) is 2. The van der Waals surface area contributed by atoms with E-state index in [0.717, 1.165) is 43.8 Å². The summed E-state index contributed by atoms with van der Waals surface area (Å²) < 4.78 is 0. The van der Waals surface area contributed by atoms with Gasteiger partial charge in [-0.15, -0.1) is 0 Å².